The summed E-state index contributed by atoms with van der Waals surface area (Å²) in [5.41, 5.74) is 3.14. The van der Waals surface area contributed by atoms with E-state index < -0.39 is 5.82 Å². The summed E-state index contributed by atoms with van der Waals surface area (Å²) in [7, 11) is 5.37. The van der Waals surface area contributed by atoms with Crippen molar-refractivity contribution in [1.82, 2.24) is 19.7 Å². The van der Waals surface area contributed by atoms with Gasteiger partial charge in [0.15, 0.2) is 11.6 Å². The van der Waals surface area contributed by atoms with E-state index in [9.17, 15) is 9.18 Å². The number of nitrogens with zero attached hydrogens (tertiary/aromatic N) is 5. The number of anilines is 1. The minimum Gasteiger partial charge on any atom is -0.496 e. The zero-order valence-corrected chi connectivity index (χ0v) is 20.6. The molecule has 2 aromatic carbocycles. The molecule has 9 heteroatoms. The molecule has 0 amide bonds. The van der Waals surface area contributed by atoms with Gasteiger partial charge in [-0.3, -0.25) is 9.48 Å². The number of halogens is 1. The number of ketones is 1. The van der Waals surface area contributed by atoms with Gasteiger partial charge in [-0.2, -0.15) is 5.10 Å². The maximum atomic E-state index is 14.6. The van der Waals surface area contributed by atoms with Crippen LogP contribution in [0.2, 0.25) is 0 Å². The van der Waals surface area contributed by atoms with Crippen molar-refractivity contribution in [3.63, 3.8) is 0 Å². The Bertz CT molecular complexity index is 1410. The molecule has 0 N–H and O–H groups in total. The zero-order chi connectivity index (χ0) is 25.2. The topological polar surface area (TPSA) is 82.4 Å². The first-order chi connectivity index (χ1) is 17.5. The number of likely N-dealkylation sites (N-methyl/N-ethyl adjacent to an activating group) is 1. The fourth-order valence-electron chi connectivity index (χ4n) is 4.83. The minimum atomic E-state index is -0.515. The Morgan fingerprint density at radius 3 is 2.92 bits per heavy atom. The Morgan fingerprint density at radius 2 is 2.14 bits per heavy atom. The molecule has 0 bridgehead atoms. The van der Waals surface area contributed by atoms with Crippen LogP contribution in [0.15, 0.2) is 48.8 Å². The maximum absolute atomic E-state index is 14.6. The van der Waals surface area contributed by atoms with Gasteiger partial charge < -0.3 is 14.4 Å². The van der Waals surface area contributed by atoms with E-state index in [4.69, 9.17) is 9.47 Å². The molecule has 2 aromatic heterocycles. The van der Waals surface area contributed by atoms with Crippen LogP contribution in [0.5, 0.6) is 5.75 Å². The van der Waals surface area contributed by atoms with E-state index >= 15 is 0 Å². The molecule has 0 spiro atoms. The van der Waals surface area contributed by atoms with E-state index in [-0.39, 0.29) is 35.4 Å². The van der Waals surface area contributed by atoms with Gasteiger partial charge in [0.25, 0.3) is 0 Å². The molecule has 0 radical (unpaired) electrons. The first kappa shape index (κ1) is 23.9. The van der Waals surface area contributed by atoms with Crippen molar-refractivity contribution in [1.29, 1.82) is 0 Å². The number of carbonyl (C=O) groups is 1. The van der Waals surface area contributed by atoms with Crippen molar-refractivity contribution in [2.75, 3.05) is 32.2 Å². The van der Waals surface area contributed by atoms with Gasteiger partial charge in [0, 0.05) is 45.3 Å². The van der Waals surface area contributed by atoms with Gasteiger partial charge in [0.05, 0.1) is 36.2 Å². The summed E-state index contributed by atoms with van der Waals surface area (Å²) in [6.45, 7) is 1.50. The van der Waals surface area contributed by atoms with Crippen LogP contribution < -0.4 is 9.64 Å². The summed E-state index contributed by atoms with van der Waals surface area (Å²) < 4.78 is 27.6. The van der Waals surface area contributed by atoms with Crippen LogP contribution in [0.3, 0.4) is 0 Å². The number of carbonyl (C=O) groups excluding carboxylic acids is 1. The number of fused-ring (bicyclic) bond motifs is 1. The molecule has 186 valence electrons. The Balaban J connectivity index is 1.48. The number of aryl methyl sites for hydroxylation is 1. The van der Waals surface area contributed by atoms with Crippen LogP contribution >= 0.6 is 0 Å². The van der Waals surface area contributed by atoms with Crippen LogP contribution in [0, 0.1) is 5.82 Å². The largest absolute Gasteiger partial charge is 0.496 e. The van der Waals surface area contributed by atoms with Gasteiger partial charge >= 0.3 is 0 Å². The van der Waals surface area contributed by atoms with Gasteiger partial charge in [-0.25, -0.2) is 14.4 Å². The lowest BCUT2D eigenvalue weighted by atomic mass is 10.0. The number of Topliss-reactive ketones (excluding diaryl/α,β-unsaturated/α-hetero) is 1. The predicted octanol–water partition coefficient (Wildman–Crippen LogP) is 4.22. The van der Waals surface area contributed by atoms with Crippen molar-refractivity contribution >= 4 is 22.4 Å². The molecule has 8 nitrogen and oxygen atoms in total. The SMILES string of the molecule is COc1cccc(F)c1-c1nccc(C(=O)Cc2ccc3c(cnn3C)c2N(C)CC2CCCO2)n1. The molecule has 36 heavy (non-hydrogen) atoms. The number of hydrogen-bond acceptors (Lipinski definition) is 7. The van der Waals surface area contributed by atoms with Gasteiger partial charge in [-0.1, -0.05) is 12.1 Å². The van der Waals surface area contributed by atoms with E-state index in [0.29, 0.717) is 5.75 Å². The number of ether oxygens (including phenoxy) is 2. The summed E-state index contributed by atoms with van der Waals surface area (Å²) in [6, 6.07) is 9.99. The normalized spacial score (nSPS) is 15.4. The Kier molecular flexibility index (Phi) is 6.65. The summed E-state index contributed by atoms with van der Waals surface area (Å²) in [5.74, 6) is -0.295. The van der Waals surface area contributed by atoms with E-state index in [2.05, 4.69) is 20.0 Å². The fraction of sp³-hybridized carbons (Fsp3) is 0.333. The molecule has 3 heterocycles. The molecule has 5 rings (SSSR count). The van der Waals surface area contributed by atoms with Crippen LogP contribution in [0.25, 0.3) is 22.3 Å². The molecular formula is C27H28FN5O3. The van der Waals surface area contributed by atoms with Gasteiger partial charge in [-0.05, 0) is 42.7 Å². The predicted molar refractivity (Wildman–Crippen MR) is 135 cm³/mol. The van der Waals surface area contributed by atoms with Gasteiger partial charge in [0.2, 0.25) is 0 Å². The number of methoxy groups -OCH3 is 1. The highest BCUT2D eigenvalue weighted by molar-refractivity contribution is 6.00. The molecular weight excluding hydrogens is 461 g/mol. The Morgan fingerprint density at radius 1 is 1.28 bits per heavy atom. The fourth-order valence-corrected chi connectivity index (χ4v) is 4.83. The molecule has 1 fully saturated rings. The molecule has 0 aliphatic carbocycles. The summed E-state index contributed by atoms with van der Waals surface area (Å²) in [6.07, 6.45) is 5.66. The summed E-state index contributed by atoms with van der Waals surface area (Å²) in [4.78, 5) is 24.2. The molecule has 0 saturated carbocycles. The molecule has 1 aliphatic rings. The van der Waals surface area contributed by atoms with Crippen molar-refractivity contribution < 1.29 is 18.7 Å². The third-order valence-corrected chi connectivity index (χ3v) is 6.58. The number of benzene rings is 2. The third kappa shape index (κ3) is 4.54. The highest BCUT2D eigenvalue weighted by Gasteiger charge is 2.23. The molecule has 1 saturated heterocycles. The molecule has 1 aliphatic heterocycles. The highest BCUT2D eigenvalue weighted by Crippen LogP contribution is 2.33. The van der Waals surface area contributed by atoms with Crippen molar-refractivity contribution in [3.8, 4) is 17.1 Å². The zero-order valence-electron chi connectivity index (χ0n) is 20.6. The van der Waals surface area contributed by atoms with Gasteiger partial charge in [-0.15, -0.1) is 0 Å². The van der Waals surface area contributed by atoms with E-state index in [1.165, 1.54) is 19.4 Å². The molecule has 4 aromatic rings. The molecule has 1 atom stereocenters. The third-order valence-electron chi connectivity index (χ3n) is 6.58. The van der Waals surface area contributed by atoms with Crippen molar-refractivity contribution in [3.05, 3.63) is 65.9 Å². The number of hydrogen-bond donors (Lipinski definition) is 0. The molecule has 1 unspecified atom stereocenters. The van der Waals surface area contributed by atoms with Crippen LogP contribution in [0.4, 0.5) is 10.1 Å². The quantitative estimate of drug-likeness (QED) is 0.343. The second kappa shape index (κ2) is 10.0. The first-order valence-electron chi connectivity index (χ1n) is 11.9. The van der Waals surface area contributed by atoms with Crippen LogP contribution in [0.1, 0.15) is 28.9 Å². The number of aromatic nitrogens is 4. The van der Waals surface area contributed by atoms with E-state index in [0.717, 1.165) is 48.1 Å². The minimum absolute atomic E-state index is 0.106. The van der Waals surface area contributed by atoms with Crippen molar-refractivity contribution in [2.24, 2.45) is 7.05 Å². The second-order valence-electron chi connectivity index (χ2n) is 8.97. The Hall–Kier alpha value is -3.85. The van der Waals surface area contributed by atoms with E-state index in [1.54, 1.807) is 18.2 Å². The average molecular weight is 490 g/mol. The average Bonchev–Trinajstić information content (AvgIpc) is 3.53. The lowest BCUT2D eigenvalue weighted by Crippen LogP contribution is -2.29. The van der Waals surface area contributed by atoms with Crippen LogP contribution in [-0.4, -0.2) is 58.9 Å². The monoisotopic (exact) mass is 489 g/mol. The highest BCUT2D eigenvalue weighted by atomic mass is 19.1. The smallest absolute Gasteiger partial charge is 0.185 e. The standard InChI is InChI=1S/C27H28FN5O3/c1-32(16-18-6-5-13-36-18)26-17(9-10-22-19(26)15-30-33(22)2)14-23(34)21-11-12-29-27(31-21)25-20(28)7-4-8-24(25)35-3/h4,7-12,15,18H,5-6,13-14,16H2,1-3H3. The van der Waals surface area contributed by atoms with Crippen LogP contribution in [-0.2, 0) is 18.2 Å². The maximum Gasteiger partial charge on any atom is 0.185 e. The second-order valence-corrected chi connectivity index (χ2v) is 8.97. The summed E-state index contributed by atoms with van der Waals surface area (Å²) in [5, 5.41) is 5.40. The Labute approximate surface area is 208 Å². The first-order valence-corrected chi connectivity index (χ1v) is 11.9. The van der Waals surface area contributed by atoms with E-state index in [1.807, 2.05) is 37.1 Å². The number of rotatable bonds is 8. The van der Waals surface area contributed by atoms with Gasteiger partial charge in [0.1, 0.15) is 17.3 Å². The lowest BCUT2D eigenvalue weighted by molar-refractivity contribution is 0.0988. The summed E-state index contributed by atoms with van der Waals surface area (Å²) >= 11 is 0. The van der Waals surface area contributed by atoms with Crippen molar-refractivity contribution in [2.45, 2.75) is 25.4 Å². The lowest BCUT2D eigenvalue weighted by Gasteiger charge is -2.26.